The number of anilines is 2. The predicted molar refractivity (Wildman–Crippen MR) is 124 cm³/mol. The number of nitrogens with one attached hydrogen (secondary N) is 1. The maximum Gasteiger partial charge on any atom is 0.276 e. The van der Waals surface area contributed by atoms with Crippen molar-refractivity contribution in [2.24, 2.45) is 4.99 Å². The van der Waals surface area contributed by atoms with Crippen LogP contribution in [0.5, 0.6) is 0 Å². The fourth-order valence-electron chi connectivity index (χ4n) is 3.93. The Morgan fingerprint density at radius 3 is 2.87 bits per heavy atom. The summed E-state index contributed by atoms with van der Waals surface area (Å²) in [5.41, 5.74) is 3.11. The molecular weight excluding hydrogens is 498 g/mol. The fraction of sp³-hybridized carbons (Fsp3) is 0.429. The van der Waals surface area contributed by atoms with Crippen LogP contribution in [0.4, 0.5) is 21.6 Å². The lowest BCUT2D eigenvalue weighted by molar-refractivity contribution is -0.114. The zero-order valence-corrected chi connectivity index (χ0v) is 19.0. The molecule has 4 rings (SSSR count). The second-order valence-corrected chi connectivity index (χ2v) is 8.54. The first-order valence-electron chi connectivity index (χ1n) is 10.2. The Balaban J connectivity index is 1.52. The number of likely N-dealkylation sites (tertiary alicyclic amines) is 1. The molecule has 1 aromatic heterocycles. The number of aliphatic imine (C=N–C) groups is 1. The fourth-order valence-corrected chi connectivity index (χ4v) is 4.36. The highest BCUT2D eigenvalue weighted by molar-refractivity contribution is 14.1. The minimum absolute atomic E-state index is 0.201. The molecule has 3 heterocycles. The van der Waals surface area contributed by atoms with Crippen molar-refractivity contribution in [1.82, 2.24) is 20.2 Å². The van der Waals surface area contributed by atoms with Gasteiger partial charge < -0.3 is 15.1 Å². The number of benzene rings is 1. The van der Waals surface area contributed by atoms with Crippen LogP contribution in [0.25, 0.3) is 0 Å². The molecule has 0 radical (unpaired) electrons. The molecule has 1 saturated heterocycles. The molecule has 1 N–H and O–H groups in total. The SMILES string of the molecule is Cc1ncnc(N2CCc3cc(F)ccc32)c1N=C(I)C(=O)NCCN1CCCC1. The molecule has 0 aliphatic carbocycles. The van der Waals surface area contributed by atoms with Crippen LogP contribution in [0.3, 0.4) is 0 Å². The number of fused-ring (bicyclic) bond motifs is 1. The van der Waals surface area contributed by atoms with E-state index in [2.05, 4.69) is 25.2 Å². The zero-order chi connectivity index (χ0) is 21.1. The third-order valence-electron chi connectivity index (χ3n) is 5.49. The van der Waals surface area contributed by atoms with Gasteiger partial charge in [0, 0.05) is 25.3 Å². The van der Waals surface area contributed by atoms with Gasteiger partial charge in [-0.1, -0.05) is 0 Å². The Labute approximate surface area is 188 Å². The summed E-state index contributed by atoms with van der Waals surface area (Å²) in [6.07, 6.45) is 4.69. The van der Waals surface area contributed by atoms with Gasteiger partial charge in [-0.3, -0.25) is 4.79 Å². The number of halogens is 2. The second-order valence-electron chi connectivity index (χ2n) is 7.51. The van der Waals surface area contributed by atoms with Gasteiger partial charge in [0.2, 0.25) is 0 Å². The van der Waals surface area contributed by atoms with E-state index in [9.17, 15) is 9.18 Å². The van der Waals surface area contributed by atoms with Crippen molar-refractivity contribution in [1.29, 1.82) is 0 Å². The van der Waals surface area contributed by atoms with Gasteiger partial charge in [-0.25, -0.2) is 19.4 Å². The summed E-state index contributed by atoms with van der Waals surface area (Å²) < 4.78 is 13.9. The number of carbonyl (C=O) groups is 1. The van der Waals surface area contributed by atoms with Crippen molar-refractivity contribution in [2.75, 3.05) is 37.6 Å². The van der Waals surface area contributed by atoms with Crippen molar-refractivity contribution in [3.8, 4) is 0 Å². The second kappa shape index (κ2) is 9.34. The molecule has 0 spiro atoms. The molecule has 0 saturated carbocycles. The number of aromatic nitrogens is 2. The van der Waals surface area contributed by atoms with Crippen LogP contribution in [0.15, 0.2) is 29.5 Å². The summed E-state index contributed by atoms with van der Waals surface area (Å²) in [5.74, 6) is 0.188. The van der Waals surface area contributed by atoms with Crippen LogP contribution >= 0.6 is 22.6 Å². The molecule has 158 valence electrons. The lowest BCUT2D eigenvalue weighted by Crippen LogP contribution is -2.35. The van der Waals surface area contributed by atoms with Gasteiger partial charge in [-0.2, -0.15) is 0 Å². The third kappa shape index (κ3) is 4.61. The molecule has 1 amide bonds. The molecule has 2 aromatic rings. The molecule has 2 aliphatic rings. The van der Waals surface area contributed by atoms with E-state index < -0.39 is 0 Å². The molecule has 7 nitrogen and oxygen atoms in total. The zero-order valence-electron chi connectivity index (χ0n) is 16.9. The molecule has 30 heavy (non-hydrogen) atoms. The van der Waals surface area contributed by atoms with Gasteiger partial charge in [0.15, 0.2) is 9.54 Å². The summed E-state index contributed by atoms with van der Waals surface area (Å²) in [4.78, 5) is 30.2. The summed E-state index contributed by atoms with van der Waals surface area (Å²) in [6.45, 7) is 6.19. The monoisotopic (exact) mass is 522 g/mol. The number of hydrogen-bond donors (Lipinski definition) is 1. The molecular formula is C21H24FIN6O. The van der Waals surface area contributed by atoms with E-state index in [0.29, 0.717) is 34.0 Å². The average Bonchev–Trinajstić information content (AvgIpc) is 3.39. The first-order valence-corrected chi connectivity index (χ1v) is 11.2. The standard InChI is InChI=1S/C21H24FIN6O/c1-14-18(27-19(23)21(30)24-7-11-28-8-2-3-9-28)20(26-13-25-14)29-10-6-15-12-16(22)4-5-17(15)29/h4-5,12-13H,2-3,6-11H2,1H3,(H,24,30). The van der Waals surface area contributed by atoms with Crippen LogP contribution in [-0.2, 0) is 11.2 Å². The van der Waals surface area contributed by atoms with E-state index in [0.717, 1.165) is 37.3 Å². The van der Waals surface area contributed by atoms with Crippen molar-refractivity contribution in [2.45, 2.75) is 26.2 Å². The molecule has 2 aliphatic heterocycles. The third-order valence-corrected chi connectivity index (χ3v) is 6.22. The van der Waals surface area contributed by atoms with Gasteiger partial charge in [-0.05, 0) is 85.6 Å². The lowest BCUT2D eigenvalue weighted by Gasteiger charge is -2.20. The maximum atomic E-state index is 13.6. The normalized spacial score (nSPS) is 16.8. The Kier molecular flexibility index (Phi) is 6.57. The molecule has 0 unspecified atom stereocenters. The van der Waals surface area contributed by atoms with E-state index in [1.54, 1.807) is 12.1 Å². The highest BCUT2D eigenvalue weighted by atomic mass is 127. The van der Waals surface area contributed by atoms with Crippen LogP contribution in [0.1, 0.15) is 24.1 Å². The van der Waals surface area contributed by atoms with Crippen molar-refractivity contribution in [3.05, 3.63) is 41.6 Å². The Morgan fingerprint density at radius 2 is 2.07 bits per heavy atom. The number of aryl methyl sites for hydroxylation is 1. The highest BCUT2D eigenvalue weighted by Crippen LogP contribution is 2.39. The van der Waals surface area contributed by atoms with Crippen LogP contribution in [-0.4, -0.2) is 57.2 Å². The topological polar surface area (TPSA) is 73.7 Å². The number of amides is 1. The van der Waals surface area contributed by atoms with Gasteiger partial charge >= 0.3 is 0 Å². The van der Waals surface area contributed by atoms with E-state index in [1.165, 1.54) is 25.2 Å². The molecule has 0 atom stereocenters. The molecule has 1 aromatic carbocycles. The van der Waals surface area contributed by atoms with Crippen LogP contribution < -0.4 is 10.2 Å². The van der Waals surface area contributed by atoms with Crippen LogP contribution in [0, 0.1) is 12.7 Å². The minimum Gasteiger partial charge on any atom is -0.349 e. The van der Waals surface area contributed by atoms with E-state index >= 15 is 0 Å². The van der Waals surface area contributed by atoms with Crippen molar-refractivity contribution >= 4 is 49.4 Å². The largest absolute Gasteiger partial charge is 0.349 e. The Bertz CT molecular complexity index is 976. The van der Waals surface area contributed by atoms with Crippen molar-refractivity contribution < 1.29 is 9.18 Å². The summed E-state index contributed by atoms with van der Waals surface area (Å²) in [5, 5.41) is 2.94. The average molecular weight is 522 g/mol. The van der Waals surface area contributed by atoms with Gasteiger partial charge in [0.05, 0.1) is 5.69 Å². The van der Waals surface area contributed by atoms with Crippen LogP contribution in [0.2, 0.25) is 0 Å². The van der Waals surface area contributed by atoms with E-state index in [-0.39, 0.29) is 11.7 Å². The first-order chi connectivity index (χ1) is 14.5. The quantitative estimate of drug-likeness (QED) is 0.466. The maximum absolute atomic E-state index is 13.6. The summed E-state index contributed by atoms with van der Waals surface area (Å²) in [7, 11) is 0. The highest BCUT2D eigenvalue weighted by Gasteiger charge is 2.25. The van der Waals surface area contributed by atoms with Gasteiger partial charge in [0.1, 0.15) is 17.8 Å². The predicted octanol–water partition coefficient (Wildman–Crippen LogP) is 3.30. The van der Waals surface area contributed by atoms with Gasteiger partial charge in [0.25, 0.3) is 5.91 Å². The Hall–Kier alpha value is -2.14. The molecule has 0 bridgehead atoms. The minimum atomic E-state index is -0.243. The smallest absolute Gasteiger partial charge is 0.276 e. The van der Waals surface area contributed by atoms with Crippen molar-refractivity contribution in [3.63, 3.8) is 0 Å². The number of hydrogen-bond acceptors (Lipinski definition) is 6. The van der Waals surface area contributed by atoms with E-state index in [1.807, 2.05) is 34.4 Å². The number of carbonyl (C=O) groups excluding carboxylic acids is 1. The summed E-state index contributed by atoms with van der Waals surface area (Å²) >= 11 is 1.96. The first kappa shape index (κ1) is 21.1. The van der Waals surface area contributed by atoms with Gasteiger partial charge in [-0.15, -0.1) is 0 Å². The van der Waals surface area contributed by atoms with E-state index in [4.69, 9.17) is 0 Å². The lowest BCUT2D eigenvalue weighted by atomic mass is 10.1. The Morgan fingerprint density at radius 1 is 1.27 bits per heavy atom. The number of rotatable bonds is 6. The molecule has 1 fully saturated rings. The number of nitrogens with zero attached hydrogens (tertiary/aromatic N) is 5. The summed E-state index contributed by atoms with van der Waals surface area (Å²) in [6, 6.07) is 4.77. The molecule has 9 heteroatoms.